The molecule has 5 heteroatoms. The van der Waals surface area contributed by atoms with Crippen molar-refractivity contribution in [2.45, 2.75) is 58.8 Å². The van der Waals surface area contributed by atoms with Crippen molar-refractivity contribution in [1.29, 1.82) is 0 Å². The zero-order valence-electron chi connectivity index (χ0n) is 14.2. The molecule has 1 aromatic carbocycles. The molecule has 0 spiro atoms. The van der Waals surface area contributed by atoms with Crippen molar-refractivity contribution in [2.75, 3.05) is 6.54 Å². The Hall–Kier alpha value is -1.26. The number of hydrogen-bond acceptors (Lipinski definition) is 3. The summed E-state index contributed by atoms with van der Waals surface area (Å²) < 4.78 is 5.44. The van der Waals surface area contributed by atoms with Crippen molar-refractivity contribution in [1.82, 2.24) is 4.90 Å². The van der Waals surface area contributed by atoms with Gasteiger partial charge in [0, 0.05) is 16.1 Å². The third-order valence-electron chi connectivity index (χ3n) is 3.04. The fourth-order valence-corrected chi connectivity index (χ4v) is 2.22. The molecular formula is C17H26ClNO3. The number of β-amino-alcohol motifs (C(OH)–C–C–N with tert-alkyl or cyclic N) is 1. The van der Waals surface area contributed by atoms with Gasteiger partial charge in [0.05, 0.1) is 12.6 Å². The number of aliphatic hydroxyl groups excluding tert-OH is 1. The minimum atomic E-state index is -0.875. The largest absolute Gasteiger partial charge is 0.444 e. The summed E-state index contributed by atoms with van der Waals surface area (Å²) in [6.07, 6.45) is -1.33. The minimum absolute atomic E-state index is 0.113. The maximum atomic E-state index is 12.4. The summed E-state index contributed by atoms with van der Waals surface area (Å²) in [5.41, 5.74) is -0.470. The first kappa shape index (κ1) is 18.8. The summed E-state index contributed by atoms with van der Waals surface area (Å²) in [7, 11) is 0. The zero-order valence-corrected chi connectivity index (χ0v) is 14.9. The van der Waals surface area contributed by atoms with Crippen LogP contribution in [0.1, 0.15) is 53.2 Å². The molecule has 1 atom stereocenters. The van der Waals surface area contributed by atoms with Crippen molar-refractivity contribution in [3.8, 4) is 0 Å². The monoisotopic (exact) mass is 327 g/mol. The molecule has 0 saturated carbocycles. The quantitative estimate of drug-likeness (QED) is 0.894. The second-order valence-electron chi connectivity index (χ2n) is 7.30. The topological polar surface area (TPSA) is 49.8 Å². The Morgan fingerprint density at radius 1 is 1.23 bits per heavy atom. The maximum Gasteiger partial charge on any atom is 0.410 e. The van der Waals surface area contributed by atoms with Gasteiger partial charge < -0.3 is 14.7 Å². The molecule has 0 fully saturated rings. The molecule has 0 aliphatic heterocycles. The van der Waals surface area contributed by atoms with Gasteiger partial charge in [0.25, 0.3) is 0 Å². The van der Waals surface area contributed by atoms with Gasteiger partial charge in [0.2, 0.25) is 0 Å². The van der Waals surface area contributed by atoms with Gasteiger partial charge in [-0.05, 0) is 47.6 Å². The lowest BCUT2D eigenvalue weighted by Crippen LogP contribution is -2.49. The van der Waals surface area contributed by atoms with Gasteiger partial charge in [-0.25, -0.2) is 4.79 Å². The van der Waals surface area contributed by atoms with Gasteiger partial charge >= 0.3 is 6.09 Å². The molecule has 1 aromatic rings. The number of halogens is 1. The predicted octanol–water partition coefficient (Wildman–Crippen LogP) is 4.41. The maximum absolute atomic E-state index is 12.4. The molecule has 124 valence electrons. The summed E-state index contributed by atoms with van der Waals surface area (Å²) >= 11 is 6.11. The van der Waals surface area contributed by atoms with E-state index >= 15 is 0 Å². The van der Waals surface area contributed by atoms with E-state index in [1.165, 1.54) is 4.90 Å². The molecular weight excluding hydrogens is 302 g/mol. The third-order valence-corrected chi connectivity index (χ3v) is 3.39. The Labute approximate surface area is 138 Å². The molecule has 0 aliphatic carbocycles. The Balaban J connectivity index is 2.96. The standard InChI is InChI=1S/C17H26ClNO3/c1-16(2,3)19(15(21)22-17(4,5)6)11-14(20)12-9-7-8-10-13(12)18/h7-10,14,20H,11H2,1-6H3/t14-/m0/s1. The van der Waals surface area contributed by atoms with Gasteiger partial charge in [-0.3, -0.25) is 0 Å². The number of amides is 1. The second-order valence-corrected chi connectivity index (χ2v) is 7.71. The van der Waals surface area contributed by atoms with Crippen molar-refractivity contribution in [3.63, 3.8) is 0 Å². The molecule has 22 heavy (non-hydrogen) atoms. The first-order valence-electron chi connectivity index (χ1n) is 7.35. The molecule has 0 aromatic heterocycles. The van der Waals surface area contributed by atoms with Gasteiger partial charge in [0.15, 0.2) is 0 Å². The van der Waals surface area contributed by atoms with E-state index in [0.717, 1.165) is 0 Å². The lowest BCUT2D eigenvalue weighted by atomic mass is 10.0. The molecule has 0 radical (unpaired) electrons. The van der Waals surface area contributed by atoms with Crippen molar-refractivity contribution in [3.05, 3.63) is 34.9 Å². The van der Waals surface area contributed by atoms with Gasteiger partial charge in [-0.2, -0.15) is 0 Å². The summed E-state index contributed by atoms with van der Waals surface area (Å²) in [6.45, 7) is 11.3. The predicted molar refractivity (Wildman–Crippen MR) is 89.1 cm³/mol. The van der Waals surface area contributed by atoms with E-state index in [9.17, 15) is 9.90 Å². The van der Waals surface area contributed by atoms with Crippen molar-refractivity contribution in [2.24, 2.45) is 0 Å². The lowest BCUT2D eigenvalue weighted by molar-refractivity contribution is -0.00780. The van der Waals surface area contributed by atoms with Crippen molar-refractivity contribution >= 4 is 17.7 Å². The summed E-state index contributed by atoms with van der Waals surface area (Å²) in [5.74, 6) is 0. The third kappa shape index (κ3) is 5.50. The molecule has 1 N–H and O–H groups in total. The van der Waals surface area contributed by atoms with Crippen LogP contribution in [0.4, 0.5) is 4.79 Å². The van der Waals surface area contributed by atoms with E-state index in [-0.39, 0.29) is 6.54 Å². The van der Waals surface area contributed by atoms with Crippen LogP contribution in [0, 0.1) is 0 Å². The van der Waals surface area contributed by atoms with Gasteiger partial charge in [0.1, 0.15) is 5.60 Å². The molecule has 1 rings (SSSR count). The molecule has 1 amide bonds. The molecule has 0 unspecified atom stereocenters. The Morgan fingerprint density at radius 3 is 2.23 bits per heavy atom. The SMILES string of the molecule is CC(C)(C)OC(=O)N(C[C@H](O)c1ccccc1Cl)C(C)(C)C. The Bertz CT molecular complexity index is 517. The first-order valence-corrected chi connectivity index (χ1v) is 7.73. The smallest absolute Gasteiger partial charge is 0.410 e. The minimum Gasteiger partial charge on any atom is -0.444 e. The zero-order chi connectivity index (χ0) is 17.1. The highest BCUT2D eigenvalue weighted by Crippen LogP contribution is 2.27. The van der Waals surface area contributed by atoms with Gasteiger partial charge in [-0.15, -0.1) is 0 Å². The van der Waals surface area contributed by atoms with Crippen LogP contribution in [-0.2, 0) is 4.74 Å². The molecule has 4 nitrogen and oxygen atoms in total. The summed E-state index contributed by atoms with van der Waals surface area (Å²) in [4.78, 5) is 13.9. The second kappa shape index (κ2) is 6.88. The highest BCUT2D eigenvalue weighted by molar-refractivity contribution is 6.31. The average Bonchev–Trinajstić information content (AvgIpc) is 2.32. The molecule has 0 heterocycles. The highest BCUT2D eigenvalue weighted by atomic mass is 35.5. The first-order chi connectivity index (χ1) is 9.92. The molecule has 0 bridgehead atoms. The van der Waals surface area contributed by atoms with E-state index in [0.29, 0.717) is 10.6 Å². The van der Waals surface area contributed by atoms with E-state index < -0.39 is 23.3 Å². The number of carbonyl (C=O) groups is 1. The van der Waals surface area contributed by atoms with Crippen LogP contribution >= 0.6 is 11.6 Å². The fraction of sp³-hybridized carbons (Fsp3) is 0.588. The summed E-state index contributed by atoms with van der Waals surface area (Å²) in [6, 6.07) is 7.07. The number of benzene rings is 1. The van der Waals surface area contributed by atoms with E-state index in [4.69, 9.17) is 16.3 Å². The van der Waals surface area contributed by atoms with E-state index in [2.05, 4.69) is 0 Å². The van der Waals surface area contributed by atoms with Crippen LogP contribution in [0.25, 0.3) is 0 Å². The summed E-state index contributed by atoms with van der Waals surface area (Å²) in [5, 5.41) is 10.9. The van der Waals surface area contributed by atoms with Crippen LogP contribution < -0.4 is 0 Å². The van der Waals surface area contributed by atoms with Crippen LogP contribution in [0.15, 0.2) is 24.3 Å². The Kier molecular flexibility index (Phi) is 5.88. The molecule has 0 aliphatic rings. The normalized spacial score (nSPS) is 13.6. The number of aliphatic hydroxyl groups is 1. The van der Waals surface area contributed by atoms with Crippen LogP contribution in [0.2, 0.25) is 5.02 Å². The number of ether oxygens (including phenoxy) is 1. The van der Waals surface area contributed by atoms with Crippen LogP contribution in [0.3, 0.4) is 0 Å². The Morgan fingerprint density at radius 2 is 1.77 bits per heavy atom. The van der Waals surface area contributed by atoms with Gasteiger partial charge in [-0.1, -0.05) is 29.8 Å². The molecule has 0 saturated heterocycles. The van der Waals surface area contributed by atoms with E-state index in [1.54, 1.807) is 24.3 Å². The van der Waals surface area contributed by atoms with E-state index in [1.807, 2.05) is 41.5 Å². The van der Waals surface area contributed by atoms with Crippen LogP contribution in [0.5, 0.6) is 0 Å². The highest BCUT2D eigenvalue weighted by Gasteiger charge is 2.32. The number of nitrogens with zero attached hydrogens (tertiary/aromatic N) is 1. The average molecular weight is 328 g/mol. The van der Waals surface area contributed by atoms with Crippen molar-refractivity contribution < 1.29 is 14.6 Å². The number of rotatable bonds is 3. The fourth-order valence-electron chi connectivity index (χ4n) is 1.96. The number of carbonyl (C=O) groups excluding carboxylic acids is 1. The van der Waals surface area contributed by atoms with Crippen LogP contribution in [-0.4, -0.2) is 33.8 Å². The lowest BCUT2D eigenvalue weighted by Gasteiger charge is -2.38. The number of hydrogen-bond donors (Lipinski definition) is 1.